The molecule has 6 heteroatoms. The van der Waals surface area contributed by atoms with Crippen molar-refractivity contribution < 1.29 is 19.1 Å². The summed E-state index contributed by atoms with van der Waals surface area (Å²) < 4.78 is 7.48. The van der Waals surface area contributed by atoms with E-state index in [0.29, 0.717) is 10.9 Å². The first-order valence-electron chi connectivity index (χ1n) is 5.72. The summed E-state index contributed by atoms with van der Waals surface area (Å²) >= 11 is 5.64. The lowest BCUT2D eigenvalue weighted by molar-refractivity contribution is -0.887. The molecule has 106 valence electrons. The third-order valence-corrected chi connectivity index (χ3v) is 4.30. The lowest BCUT2D eigenvalue weighted by Crippen LogP contribution is -2.51. The van der Waals surface area contributed by atoms with Gasteiger partial charge in [-0.2, -0.15) is 0 Å². The number of carbonyl (C=O) groups is 1. The Morgan fingerprint density at radius 2 is 2.05 bits per heavy atom. The van der Waals surface area contributed by atoms with Gasteiger partial charge in [-0.05, 0) is 56.2 Å². The van der Waals surface area contributed by atoms with Crippen molar-refractivity contribution in [1.29, 1.82) is 0 Å². The number of methoxy groups -OCH3 is 1. The van der Waals surface area contributed by atoms with Crippen LogP contribution in [0.4, 0.5) is 0 Å². The van der Waals surface area contributed by atoms with Crippen LogP contribution in [0, 0.1) is 3.57 Å². The Morgan fingerprint density at radius 3 is 2.42 bits per heavy atom. The molecule has 0 aromatic heterocycles. The summed E-state index contributed by atoms with van der Waals surface area (Å²) in [5, 5.41) is 9.36. The summed E-state index contributed by atoms with van der Waals surface area (Å²) in [6.45, 7) is 0. The van der Waals surface area contributed by atoms with Crippen molar-refractivity contribution >= 4 is 44.5 Å². The third-order valence-electron chi connectivity index (χ3n) is 2.91. The molecule has 1 N–H and O–H groups in total. The highest BCUT2D eigenvalue weighted by Crippen LogP contribution is 2.32. The minimum atomic E-state index is -0.783. The second-order valence-corrected chi connectivity index (χ2v) is 7.28. The molecule has 1 rings (SSSR count). The number of rotatable bonds is 5. The summed E-state index contributed by atoms with van der Waals surface area (Å²) in [6, 6.07) is 3.42. The Morgan fingerprint density at radius 1 is 1.47 bits per heavy atom. The van der Waals surface area contributed by atoms with Gasteiger partial charge in [-0.1, -0.05) is 0 Å². The third kappa shape index (κ3) is 4.32. The first-order chi connectivity index (χ1) is 8.66. The van der Waals surface area contributed by atoms with E-state index in [1.165, 1.54) is 0 Å². The fourth-order valence-electron chi connectivity index (χ4n) is 1.84. The molecule has 0 radical (unpaired) electrons. The van der Waals surface area contributed by atoms with Gasteiger partial charge in [-0.25, -0.2) is 4.79 Å². The van der Waals surface area contributed by atoms with Crippen LogP contribution in [0.3, 0.4) is 0 Å². The average Bonchev–Trinajstić information content (AvgIpc) is 2.23. The number of likely N-dealkylation sites (N-methyl/N-ethyl adjacent to an activating group) is 1. The molecule has 0 unspecified atom stereocenters. The molecule has 0 aliphatic carbocycles. The molecule has 1 aromatic carbocycles. The molecule has 4 nitrogen and oxygen atoms in total. The molecule has 0 saturated heterocycles. The van der Waals surface area contributed by atoms with Crippen molar-refractivity contribution in [3.05, 3.63) is 25.7 Å². The van der Waals surface area contributed by atoms with Crippen LogP contribution < -0.4 is 4.74 Å². The number of ether oxygens (including phenoxy) is 1. The molecular weight excluding hydrogens is 425 g/mol. The lowest BCUT2D eigenvalue weighted by atomic mass is 10.0. The number of halogens is 2. The SMILES string of the molecule is COc1c(Br)cc(C[C@H](C(=O)O)[N+](C)(C)C)cc1I. The van der Waals surface area contributed by atoms with Gasteiger partial charge in [0.05, 0.1) is 36.3 Å². The Kier molecular flexibility index (Phi) is 5.64. The maximum absolute atomic E-state index is 11.4. The van der Waals surface area contributed by atoms with E-state index in [1.54, 1.807) is 7.11 Å². The molecule has 0 amide bonds. The van der Waals surface area contributed by atoms with Crippen LogP contribution in [-0.4, -0.2) is 49.9 Å². The van der Waals surface area contributed by atoms with E-state index in [2.05, 4.69) is 38.5 Å². The summed E-state index contributed by atoms with van der Waals surface area (Å²) in [5.74, 6) is -0.00378. The highest BCUT2D eigenvalue weighted by Gasteiger charge is 2.31. The fraction of sp³-hybridized carbons (Fsp3) is 0.462. The highest BCUT2D eigenvalue weighted by molar-refractivity contribution is 14.1. The van der Waals surface area contributed by atoms with Crippen molar-refractivity contribution in [1.82, 2.24) is 0 Å². The van der Waals surface area contributed by atoms with Crippen molar-refractivity contribution in [2.24, 2.45) is 0 Å². The van der Waals surface area contributed by atoms with Gasteiger partial charge in [-0.15, -0.1) is 0 Å². The summed E-state index contributed by atoms with van der Waals surface area (Å²) in [5.41, 5.74) is 0.984. The quantitative estimate of drug-likeness (QED) is 0.563. The van der Waals surface area contributed by atoms with Crippen molar-refractivity contribution in [2.45, 2.75) is 12.5 Å². The molecule has 0 fully saturated rings. The van der Waals surface area contributed by atoms with Gasteiger partial charge in [0.1, 0.15) is 5.75 Å². The van der Waals surface area contributed by atoms with Gasteiger partial charge in [0.2, 0.25) is 0 Å². The minimum absolute atomic E-state index is 0.384. The smallest absolute Gasteiger partial charge is 0.362 e. The predicted molar refractivity (Wildman–Crippen MR) is 86.6 cm³/mol. The van der Waals surface area contributed by atoms with Crippen LogP contribution in [0.2, 0.25) is 0 Å². The Hall–Kier alpha value is -0.340. The zero-order valence-electron chi connectivity index (χ0n) is 11.4. The monoisotopic (exact) mass is 442 g/mol. The minimum Gasteiger partial charge on any atom is -0.494 e. The van der Waals surface area contributed by atoms with Crippen molar-refractivity contribution in [2.75, 3.05) is 28.3 Å². The van der Waals surface area contributed by atoms with Crippen LogP contribution in [0.25, 0.3) is 0 Å². The van der Waals surface area contributed by atoms with E-state index in [-0.39, 0.29) is 0 Å². The number of benzene rings is 1. The summed E-state index contributed by atoms with van der Waals surface area (Å²) in [4.78, 5) is 11.4. The fourth-order valence-corrected chi connectivity index (χ4v) is 3.79. The molecule has 0 bridgehead atoms. The lowest BCUT2D eigenvalue weighted by Gasteiger charge is -2.31. The predicted octanol–water partition coefficient (Wildman–Crippen LogP) is 2.76. The zero-order valence-corrected chi connectivity index (χ0v) is 15.1. The molecule has 1 atom stereocenters. The van der Waals surface area contributed by atoms with Gasteiger partial charge < -0.3 is 14.3 Å². The van der Waals surface area contributed by atoms with Crippen LogP contribution in [0.1, 0.15) is 5.56 Å². The van der Waals surface area contributed by atoms with Crippen LogP contribution >= 0.6 is 38.5 Å². The van der Waals surface area contributed by atoms with Gasteiger partial charge >= 0.3 is 5.97 Å². The van der Waals surface area contributed by atoms with E-state index in [4.69, 9.17) is 4.74 Å². The van der Waals surface area contributed by atoms with Crippen molar-refractivity contribution in [3.8, 4) is 5.75 Å². The van der Waals surface area contributed by atoms with E-state index in [9.17, 15) is 9.90 Å². The molecular formula is C13H18BrINO3+. The number of hydrogen-bond acceptors (Lipinski definition) is 2. The molecule has 0 aliphatic rings. The first-order valence-corrected chi connectivity index (χ1v) is 7.59. The van der Waals surface area contributed by atoms with Gasteiger partial charge in [0, 0.05) is 6.42 Å². The second kappa shape index (κ2) is 6.41. The van der Waals surface area contributed by atoms with Gasteiger partial charge in [0.15, 0.2) is 6.04 Å². The van der Waals surface area contributed by atoms with Crippen molar-refractivity contribution in [3.63, 3.8) is 0 Å². The normalized spacial score (nSPS) is 13.2. The standard InChI is InChI=1S/C13H17BrINO3/c1-16(2,3)11(13(17)18)7-8-5-9(14)12(19-4)10(15)6-8/h5-6,11H,7H2,1-4H3/p+1/t11-/m1/s1. The molecule has 0 heterocycles. The molecule has 0 saturated carbocycles. The van der Waals surface area contributed by atoms with E-state index < -0.39 is 12.0 Å². The number of carboxylic acids is 1. The number of nitrogens with zero attached hydrogens (tertiary/aromatic N) is 1. The second-order valence-electron chi connectivity index (χ2n) is 5.27. The summed E-state index contributed by atoms with van der Waals surface area (Å²) in [6.07, 6.45) is 0.484. The highest BCUT2D eigenvalue weighted by atomic mass is 127. The largest absolute Gasteiger partial charge is 0.494 e. The number of quaternary nitrogens is 1. The maximum Gasteiger partial charge on any atom is 0.362 e. The van der Waals surface area contributed by atoms with Gasteiger partial charge in [0.25, 0.3) is 0 Å². The first kappa shape index (κ1) is 16.7. The number of aliphatic carboxylic acids is 1. The molecule has 19 heavy (non-hydrogen) atoms. The Bertz CT molecular complexity index is 462. The van der Waals surface area contributed by atoms with E-state index in [0.717, 1.165) is 19.4 Å². The Labute approximate surface area is 135 Å². The summed E-state index contributed by atoms with van der Waals surface area (Å²) in [7, 11) is 7.29. The van der Waals surface area contributed by atoms with Crippen LogP contribution in [0.15, 0.2) is 16.6 Å². The molecule has 0 spiro atoms. The topological polar surface area (TPSA) is 46.5 Å². The molecule has 0 aliphatic heterocycles. The van der Waals surface area contributed by atoms with Gasteiger partial charge in [-0.3, -0.25) is 0 Å². The van der Waals surface area contributed by atoms with Crippen LogP contribution in [-0.2, 0) is 11.2 Å². The van der Waals surface area contributed by atoms with E-state index in [1.807, 2.05) is 33.3 Å². The maximum atomic E-state index is 11.4. The average molecular weight is 443 g/mol. The number of hydrogen-bond donors (Lipinski definition) is 1. The molecule has 1 aromatic rings. The Balaban J connectivity index is 3.08. The number of carboxylic acid groups (broad SMARTS) is 1. The van der Waals surface area contributed by atoms with Crippen LogP contribution in [0.5, 0.6) is 5.75 Å². The van der Waals surface area contributed by atoms with E-state index >= 15 is 0 Å². The zero-order chi connectivity index (χ0) is 14.8.